The fourth-order valence-corrected chi connectivity index (χ4v) is 5.85. The van der Waals surface area contributed by atoms with Gasteiger partial charge in [-0.3, -0.25) is 4.79 Å². The van der Waals surface area contributed by atoms with E-state index in [1.165, 1.54) is 10.5 Å². The summed E-state index contributed by atoms with van der Waals surface area (Å²) < 4.78 is 34.3. The summed E-state index contributed by atoms with van der Waals surface area (Å²) in [5, 5.41) is 3.17. The molecule has 0 radical (unpaired) electrons. The molecule has 10 heteroatoms. The second kappa shape index (κ2) is 9.82. The standard InChI is InChI=1S/C23H33N5O4S/c1-17(19-4-6-21(7-5-19)27-12-14-32-15-13-27)24-23(29)20-8-10-28(11-9-20)33(30,31)22-16-26(3)18(2)25-22/h4-7,16-17,20H,8-15H2,1-3H3,(H,24,29). The lowest BCUT2D eigenvalue weighted by atomic mass is 9.96. The van der Waals surface area contributed by atoms with Crippen LogP contribution in [0, 0.1) is 12.8 Å². The number of piperidine rings is 1. The minimum atomic E-state index is -3.63. The zero-order valence-corrected chi connectivity index (χ0v) is 20.3. The fourth-order valence-electron chi connectivity index (χ4n) is 4.35. The van der Waals surface area contributed by atoms with Crippen LogP contribution in [0.2, 0.25) is 0 Å². The lowest BCUT2D eigenvalue weighted by Crippen LogP contribution is -2.43. The lowest BCUT2D eigenvalue weighted by molar-refractivity contribution is -0.126. The number of anilines is 1. The summed E-state index contributed by atoms with van der Waals surface area (Å²) in [4.78, 5) is 19.3. The summed E-state index contributed by atoms with van der Waals surface area (Å²) in [5.41, 5.74) is 2.21. The summed E-state index contributed by atoms with van der Waals surface area (Å²) in [5.74, 6) is 0.428. The number of hydrogen-bond donors (Lipinski definition) is 1. The monoisotopic (exact) mass is 475 g/mol. The van der Waals surface area contributed by atoms with Crippen LogP contribution in [0.15, 0.2) is 35.5 Å². The molecule has 0 bridgehead atoms. The first-order chi connectivity index (χ1) is 15.8. The van der Waals surface area contributed by atoms with Gasteiger partial charge in [0.15, 0.2) is 5.03 Å². The highest BCUT2D eigenvalue weighted by molar-refractivity contribution is 7.89. The summed E-state index contributed by atoms with van der Waals surface area (Å²) in [6.07, 6.45) is 2.54. The molecule has 2 aliphatic rings. The molecule has 9 nitrogen and oxygen atoms in total. The average molecular weight is 476 g/mol. The van der Waals surface area contributed by atoms with Crippen LogP contribution < -0.4 is 10.2 Å². The maximum absolute atomic E-state index is 12.9. The highest BCUT2D eigenvalue weighted by Crippen LogP contribution is 2.25. The van der Waals surface area contributed by atoms with Gasteiger partial charge < -0.3 is 19.5 Å². The number of aryl methyl sites for hydroxylation is 2. The van der Waals surface area contributed by atoms with Crippen LogP contribution in [-0.4, -0.2) is 67.6 Å². The number of carbonyl (C=O) groups is 1. The highest BCUT2D eigenvalue weighted by Gasteiger charge is 2.34. The van der Waals surface area contributed by atoms with Crippen molar-refractivity contribution in [2.75, 3.05) is 44.3 Å². The maximum atomic E-state index is 12.9. The molecular formula is C23H33N5O4S. The van der Waals surface area contributed by atoms with E-state index in [1.807, 2.05) is 6.92 Å². The van der Waals surface area contributed by atoms with Gasteiger partial charge in [0, 0.05) is 51.0 Å². The Morgan fingerprint density at radius 2 is 1.76 bits per heavy atom. The van der Waals surface area contributed by atoms with Crippen LogP contribution in [0.4, 0.5) is 5.69 Å². The van der Waals surface area contributed by atoms with Crippen LogP contribution in [-0.2, 0) is 26.6 Å². The predicted molar refractivity (Wildman–Crippen MR) is 125 cm³/mol. The topological polar surface area (TPSA) is 96.8 Å². The zero-order valence-electron chi connectivity index (χ0n) is 19.5. The van der Waals surface area contributed by atoms with Crippen molar-refractivity contribution < 1.29 is 17.9 Å². The van der Waals surface area contributed by atoms with Crippen molar-refractivity contribution in [3.8, 4) is 0 Å². The van der Waals surface area contributed by atoms with Crippen molar-refractivity contribution in [1.29, 1.82) is 0 Å². The Labute approximate surface area is 195 Å². The number of rotatable bonds is 6. The van der Waals surface area contributed by atoms with Gasteiger partial charge in [0.05, 0.1) is 19.3 Å². The SMILES string of the molecule is Cc1nc(S(=O)(=O)N2CCC(C(=O)NC(C)c3ccc(N4CCOCC4)cc3)CC2)cn1C. The molecule has 1 aromatic carbocycles. The normalized spacial score (nSPS) is 19.4. The summed E-state index contributed by atoms with van der Waals surface area (Å²) in [6.45, 7) is 7.65. The molecule has 1 N–H and O–H groups in total. The van der Waals surface area contributed by atoms with Crippen molar-refractivity contribution in [3.63, 3.8) is 0 Å². The highest BCUT2D eigenvalue weighted by atomic mass is 32.2. The molecule has 0 spiro atoms. The third kappa shape index (κ3) is 5.23. The number of benzene rings is 1. The van der Waals surface area contributed by atoms with E-state index in [4.69, 9.17) is 4.74 Å². The van der Waals surface area contributed by atoms with Crippen molar-refractivity contribution in [1.82, 2.24) is 19.2 Å². The lowest BCUT2D eigenvalue weighted by Gasteiger charge is -2.31. The summed E-state index contributed by atoms with van der Waals surface area (Å²) in [7, 11) is -1.86. The van der Waals surface area contributed by atoms with Crippen LogP contribution in [0.1, 0.15) is 37.2 Å². The molecule has 1 amide bonds. The van der Waals surface area contributed by atoms with Gasteiger partial charge in [-0.15, -0.1) is 0 Å². The molecule has 0 saturated carbocycles. The van der Waals surface area contributed by atoms with Crippen molar-refractivity contribution >= 4 is 21.6 Å². The molecule has 33 heavy (non-hydrogen) atoms. The van der Waals surface area contributed by atoms with Crippen molar-refractivity contribution in [3.05, 3.63) is 41.9 Å². The Hall–Kier alpha value is -2.43. The molecule has 1 unspecified atom stereocenters. The van der Waals surface area contributed by atoms with E-state index >= 15 is 0 Å². The Kier molecular flexibility index (Phi) is 7.06. The van der Waals surface area contributed by atoms with E-state index < -0.39 is 10.0 Å². The molecular weight excluding hydrogens is 442 g/mol. The van der Waals surface area contributed by atoms with E-state index in [0.717, 1.165) is 37.6 Å². The number of nitrogens with zero attached hydrogens (tertiary/aromatic N) is 4. The van der Waals surface area contributed by atoms with Gasteiger partial charge in [0.1, 0.15) is 5.82 Å². The number of amides is 1. The first-order valence-electron chi connectivity index (χ1n) is 11.5. The molecule has 2 saturated heterocycles. The number of ether oxygens (including phenoxy) is 1. The van der Waals surface area contributed by atoms with Gasteiger partial charge in [-0.1, -0.05) is 12.1 Å². The van der Waals surface area contributed by atoms with Crippen molar-refractivity contribution in [2.24, 2.45) is 13.0 Å². The predicted octanol–water partition coefficient (Wildman–Crippen LogP) is 1.84. The van der Waals surface area contributed by atoms with Gasteiger partial charge >= 0.3 is 0 Å². The summed E-state index contributed by atoms with van der Waals surface area (Å²) >= 11 is 0. The van der Waals surface area contributed by atoms with Gasteiger partial charge in [0.25, 0.3) is 10.0 Å². The quantitative estimate of drug-likeness (QED) is 0.685. The molecule has 2 fully saturated rings. The number of hydrogen-bond acceptors (Lipinski definition) is 6. The van der Waals surface area contributed by atoms with E-state index in [0.29, 0.717) is 31.8 Å². The number of sulfonamides is 1. The molecule has 1 atom stereocenters. The minimum absolute atomic E-state index is 0.0227. The number of aromatic nitrogens is 2. The first-order valence-corrected chi connectivity index (χ1v) is 12.9. The zero-order chi connectivity index (χ0) is 23.6. The number of carbonyl (C=O) groups excluding carboxylic acids is 1. The summed E-state index contributed by atoms with van der Waals surface area (Å²) in [6, 6.07) is 8.17. The Morgan fingerprint density at radius 1 is 1.12 bits per heavy atom. The molecule has 0 aliphatic carbocycles. The Bertz CT molecular complexity index is 1050. The molecule has 1 aromatic heterocycles. The average Bonchev–Trinajstić information content (AvgIpc) is 3.18. The third-order valence-electron chi connectivity index (χ3n) is 6.64. The first kappa shape index (κ1) is 23.7. The smallest absolute Gasteiger partial charge is 0.262 e. The van der Waals surface area contributed by atoms with Crippen LogP contribution in [0.25, 0.3) is 0 Å². The van der Waals surface area contributed by atoms with Crippen LogP contribution in [0.5, 0.6) is 0 Å². The van der Waals surface area contributed by atoms with Gasteiger partial charge in [-0.2, -0.15) is 4.31 Å². The van der Waals surface area contributed by atoms with Gasteiger partial charge in [-0.25, -0.2) is 13.4 Å². The largest absolute Gasteiger partial charge is 0.378 e. The molecule has 2 aliphatic heterocycles. The van der Waals surface area contributed by atoms with E-state index in [-0.39, 0.29) is 22.9 Å². The second-order valence-corrected chi connectivity index (χ2v) is 10.7. The fraction of sp³-hybridized carbons (Fsp3) is 0.565. The number of morpholine rings is 1. The maximum Gasteiger partial charge on any atom is 0.262 e. The van der Waals surface area contributed by atoms with Gasteiger partial charge in [-0.05, 0) is 44.4 Å². The van der Waals surface area contributed by atoms with E-state index in [1.54, 1.807) is 18.5 Å². The molecule has 2 aromatic rings. The molecule has 3 heterocycles. The van der Waals surface area contributed by atoms with Crippen LogP contribution in [0.3, 0.4) is 0 Å². The minimum Gasteiger partial charge on any atom is -0.378 e. The number of imidazole rings is 1. The Balaban J connectivity index is 1.30. The molecule has 4 rings (SSSR count). The van der Waals surface area contributed by atoms with E-state index in [9.17, 15) is 13.2 Å². The Morgan fingerprint density at radius 3 is 2.33 bits per heavy atom. The molecule has 180 valence electrons. The third-order valence-corrected chi connectivity index (χ3v) is 8.41. The van der Waals surface area contributed by atoms with E-state index in [2.05, 4.69) is 39.5 Å². The van der Waals surface area contributed by atoms with Gasteiger partial charge in [0.2, 0.25) is 5.91 Å². The van der Waals surface area contributed by atoms with Crippen molar-refractivity contribution in [2.45, 2.75) is 37.8 Å². The van der Waals surface area contributed by atoms with Crippen LogP contribution >= 0.6 is 0 Å². The second-order valence-electron chi connectivity index (χ2n) is 8.84. The number of nitrogens with one attached hydrogen (secondary N) is 1.